The second-order valence-electron chi connectivity index (χ2n) is 7.87. The molecule has 1 aliphatic heterocycles. The molecule has 4 rings (SSSR count). The second-order valence-corrected chi connectivity index (χ2v) is 9.86. The molecule has 0 radical (unpaired) electrons. The molecular weight excluding hydrogens is 366 g/mol. The molecule has 0 amide bonds. The Labute approximate surface area is 162 Å². The van der Waals surface area contributed by atoms with Gasteiger partial charge in [0.2, 0.25) is 0 Å². The van der Waals surface area contributed by atoms with E-state index in [-0.39, 0.29) is 18.2 Å². The van der Waals surface area contributed by atoms with Crippen LogP contribution in [0.5, 0.6) is 0 Å². The summed E-state index contributed by atoms with van der Waals surface area (Å²) in [6.07, 6.45) is 1.26. The van der Waals surface area contributed by atoms with Crippen molar-refractivity contribution in [2.75, 3.05) is 13.1 Å². The van der Waals surface area contributed by atoms with Crippen molar-refractivity contribution in [1.29, 1.82) is 0 Å². The summed E-state index contributed by atoms with van der Waals surface area (Å²) in [7, 11) is -3.30. The molecule has 1 aliphatic carbocycles. The first-order valence-corrected chi connectivity index (χ1v) is 10.7. The molecule has 1 heterocycles. The molecule has 2 atom stereocenters. The molecule has 3 nitrogen and oxygen atoms in total. The van der Waals surface area contributed by atoms with Crippen LogP contribution in [0.15, 0.2) is 53.4 Å². The van der Waals surface area contributed by atoms with E-state index in [0.717, 1.165) is 30.1 Å². The molecule has 5 heteroatoms. The van der Waals surface area contributed by atoms with Crippen LogP contribution in [-0.4, -0.2) is 21.5 Å². The molecule has 1 saturated heterocycles. The van der Waals surface area contributed by atoms with Gasteiger partial charge in [0.25, 0.3) is 0 Å². The van der Waals surface area contributed by atoms with E-state index in [1.54, 1.807) is 12.1 Å². The van der Waals surface area contributed by atoms with E-state index < -0.39 is 9.84 Å². The average Bonchev–Trinajstić information content (AvgIpc) is 3.16. The van der Waals surface area contributed by atoms with E-state index in [0.29, 0.717) is 16.2 Å². The molecule has 2 aromatic carbocycles. The van der Waals surface area contributed by atoms with Crippen LogP contribution >= 0.6 is 12.4 Å². The van der Waals surface area contributed by atoms with E-state index in [2.05, 4.69) is 31.3 Å². The Morgan fingerprint density at radius 1 is 1.08 bits per heavy atom. The molecule has 2 aliphatic rings. The number of sulfone groups is 1. The van der Waals surface area contributed by atoms with E-state index in [4.69, 9.17) is 0 Å². The van der Waals surface area contributed by atoms with Crippen LogP contribution in [-0.2, 0) is 21.0 Å². The van der Waals surface area contributed by atoms with Gasteiger partial charge in [-0.25, -0.2) is 8.42 Å². The highest BCUT2D eigenvalue weighted by atomic mass is 35.5. The zero-order valence-electron chi connectivity index (χ0n) is 15.2. The summed E-state index contributed by atoms with van der Waals surface area (Å²) in [5, 5.41) is 3.45. The molecule has 0 spiro atoms. The SMILES string of the molecule is CC(C)c1ccc(S(=O)(=O)Cc2ccc(C34CNC[C@H]3C4)cc2)cc1.Cl. The molecule has 2 aromatic rings. The lowest BCUT2D eigenvalue weighted by Gasteiger charge is -2.13. The summed E-state index contributed by atoms with van der Waals surface area (Å²) < 4.78 is 25.4. The first-order chi connectivity index (χ1) is 11.9. The lowest BCUT2D eigenvalue weighted by molar-refractivity contribution is 0.595. The number of halogens is 1. The minimum Gasteiger partial charge on any atom is -0.316 e. The van der Waals surface area contributed by atoms with Crippen LogP contribution in [0.1, 0.15) is 42.9 Å². The largest absolute Gasteiger partial charge is 0.316 e. The normalized spacial score (nSPS) is 24.2. The Balaban J connectivity index is 0.00000196. The van der Waals surface area contributed by atoms with Crippen LogP contribution in [0, 0.1) is 5.92 Å². The van der Waals surface area contributed by atoms with Gasteiger partial charge in [0.15, 0.2) is 9.84 Å². The topological polar surface area (TPSA) is 46.2 Å². The maximum absolute atomic E-state index is 12.7. The molecule has 1 saturated carbocycles. The third kappa shape index (κ3) is 3.42. The van der Waals surface area contributed by atoms with Gasteiger partial charge in [-0.1, -0.05) is 50.2 Å². The number of piperidine rings is 1. The zero-order chi connectivity index (χ0) is 17.7. The van der Waals surface area contributed by atoms with Gasteiger partial charge in [-0.05, 0) is 53.6 Å². The van der Waals surface area contributed by atoms with Crippen molar-refractivity contribution < 1.29 is 8.42 Å². The highest BCUT2D eigenvalue weighted by Crippen LogP contribution is 2.56. The Morgan fingerprint density at radius 3 is 2.23 bits per heavy atom. The molecule has 2 fully saturated rings. The van der Waals surface area contributed by atoms with Crippen LogP contribution in [0.25, 0.3) is 0 Å². The molecule has 1 N–H and O–H groups in total. The number of benzene rings is 2. The fraction of sp³-hybridized carbons (Fsp3) is 0.429. The number of hydrogen-bond acceptors (Lipinski definition) is 3. The van der Waals surface area contributed by atoms with Crippen molar-refractivity contribution in [3.05, 3.63) is 65.2 Å². The van der Waals surface area contributed by atoms with Crippen molar-refractivity contribution in [2.24, 2.45) is 5.92 Å². The van der Waals surface area contributed by atoms with Crippen LogP contribution in [0.4, 0.5) is 0 Å². The van der Waals surface area contributed by atoms with Gasteiger partial charge in [0, 0.05) is 12.0 Å². The monoisotopic (exact) mass is 391 g/mol. The van der Waals surface area contributed by atoms with Crippen LogP contribution in [0.2, 0.25) is 0 Å². The Kier molecular flexibility index (Phi) is 5.22. The van der Waals surface area contributed by atoms with Gasteiger partial charge in [0.1, 0.15) is 0 Å². The fourth-order valence-electron chi connectivity index (χ4n) is 4.09. The lowest BCUT2D eigenvalue weighted by atomic mass is 9.94. The third-order valence-corrected chi connectivity index (χ3v) is 7.56. The Bertz CT molecular complexity index is 875. The van der Waals surface area contributed by atoms with E-state index in [9.17, 15) is 8.42 Å². The summed E-state index contributed by atoms with van der Waals surface area (Å²) in [6, 6.07) is 15.5. The van der Waals surface area contributed by atoms with Gasteiger partial charge in [-0.2, -0.15) is 0 Å². The molecule has 1 unspecified atom stereocenters. The highest BCUT2D eigenvalue weighted by Gasteiger charge is 2.57. The smallest absolute Gasteiger partial charge is 0.182 e. The quantitative estimate of drug-likeness (QED) is 0.835. The van der Waals surface area contributed by atoms with Gasteiger partial charge in [0.05, 0.1) is 10.6 Å². The first-order valence-electron chi connectivity index (χ1n) is 9.04. The Morgan fingerprint density at radius 2 is 1.73 bits per heavy atom. The van der Waals surface area contributed by atoms with Gasteiger partial charge >= 0.3 is 0 Å². The van der Waals surface area contributed by atoms with Crippen molar-refractivity contribution in [3.63, 3.8) is 0 Å². The molecule has 140 valence electrons. The fourth-order valence-corrected chi connectivity index (χ4v) is 5.43. The van der Waals surface area contributed by atoms with Crippen LogP contribution in [0.3, 0.4) is 0 Å². The van der Waals surface area contributed by atoms with E-state index in [1.165, 1.54) is 12.0 Å². The minimum absolute atomic E-state index is 0. The minimum atomic E-state index is -3.30. The maximum Gasteiger partial charge on any atom is 0.182 e. The molecule has 26 heavy (non-hydrogen) atoms. The summed E-state index contributed by atoms with van der Waals surface area (Å²) in [6.45, 7) is 6.38. The number of nitrogens with one attached hydrogen (secondary N) is 1. The average molecular weight is 392 g/mol. The van der Waals surface area contributed by atoms with Crippen molar-refractivity contribution in [2.45, 2.75) is 42.2 Å². The zero-order valence-corrected chi connectivity index (χ0v) is 16.9. The van der Waals surface area contributed by atoms with E-state index >= 15 is 0 Å². The standard InChI is InChI=1S/C21H25NO2S.ClH/c1-15(2)17-5-9-20(10-6-17)25(23,24)13-16-3-7-18(8-4-16)21-11-19(21)12-22-14-21;/h3-10,15,19,22H,11-14H2,1-2H3;1H/t19-,21?;/m1./s1. The van der Waals surface area contributed by atoms with Crippen molar-refractivity contribution in [3.8, 4) is 0 Å². The predicted octanol–water partition coefficient (Wildman–Crippen LogP) is 4.07. The second kappa shape index (κ2) is 6.99. The van der Waals surface area contributed by atoms with E-state index in [1.807, 2.05) is 24.3 Å². The van der Waals surface area contributed by atoms with Crippen molar-refractivity contribution in [1.82, 2.24) is 5.32 Å². The van der Waals surface area contributed by atoms with Gasteiger partial charge < -0.3 is 5.32 Å². The van der Waals surface area contributed by atoms with Gasteiger partial charge in [-0.15, -0.1) is 12.4 Å². The number of hydrogen-bond donors (Lipinski definition) is 1. The Hall–Kier alpha value is -1.36. The number of fused-ring (bicyclic) bond motifs is 1. The predicted molar refractivity (Wildman–Crippen MR) is 108 cm³/mol. The third-order valence-electron chi connectivity index (χ3n) is 5.85. The summed E-state index contributed by atoms with van der Waals surface area (Å²) >= 11 is 0. The van der Waals surface area contributed by atoms with Gasteiger partial charge in [-0.3, -0.25) is 0 Å². The number of rotatable bonds is 5. The van der Waals surface area contributed by atoms with Crippen LogP contribution < -0.4 is 5.32 Å². The lowest BCUT2D eigenvalue weighted by Crippen LogP contribution is -2.19. The molecular formula is C21H26ClNO2S. The molecule has 0 aromatic heterocycles. The summed E-state index contributed by atoms with van der Waals surface area (Å²) in [4.78, 5) is 0.404. The van der Waals surface area contributed by atoms with Crippen molar-refractivity contribution >= 4 is 22.2 Å². The summed E-state index contributed by atoms with van der Waals surface area (Å²) in [5.74, 6) is 1.23. The maximum atomic E-state index is 12.7. The highest BCUT2D eigenvalue weighted by molar-refractivity contribution is 7.90. The first kappa shape index (κ1) is 19.4. The summed E-state index contributed by atoms with van der Waals surface area (Å²) in [5.41, 5.74) is 3.69. The molecule has 0 bridgehead atoms.